The van der Waals surface area contributed by atoms with Crippen LogP contribution in [-0.2, 0) is 90.4 Å². The van der Waals surface area contributed by atoms with E-state index in [0.717, 1.165) is 6.92 Å². The molecule has 716 valence electrons. The highest BCUT2D eigenvalue weighted by Crippen LogP contribution is 2.70. The number of carbonyl (C=O) groups is 10. The molecule has 33 nitrogen and oxygen atoms in total. The highest BCUT2D eigenvalue weighted by Gasteiger charge is 2.83. The van der Waals surface area contributed by atoms with Crippen LogP contribution < -0.4 is 0 Å². The van der Waals surface area contributed by atoms with Crippen LogP contribution in [0.4, 0.5) is 0 Å². The van der Waals surface area contributed by atoms with Crippen LogP contribution in [0.2, 0.25) is 0 Å². The summed E-state index contributed by atoms with van der Waals surface area (Å²) >= 11 is 9.53. The average Bonchev–Trinajstić information content (AvgIpc) is 0.674. The minimum atomic E-state index is -2.11. The predicted molar refractivity (Wildman–Crippen MR) is 459 cm³/mol. The van der Waals surface area contributed by atoms with E-state index in [-0.39, 0.29) is 105 Å². The Morgan fingerprint density at radius 2 is 0.685 bits per heavy atom. The smallest absolute Gasteiger partial charge is 0.338 e. The van der Waals surface area contributed by atoms with Crippen molar-refractivity contribution < 1.29 is 161 Å². The second-order valence-corrected chi connectivity index (χ2v) is 39.6. The number of benzene rings is 3. The Balaban J connectivity index is 0.000000186. The molecule has 3 aromatic rings. The molecule has 6 bridgehead atoms. The number of ketones is 1. The lowest BCUT2D eigenvalue weighted by Crippen LogP contribution is -2.82. The maximum absolute atomic E-state index is 14.8. The topological polar surface area (TPSA) is 504 Å². The van der Waals surface area contributed by atoms with Gasteiger partial charge in [-0.15, -0.1) is 23.2 Å². The first-order valence-electron chi connectivity index (χ1n) is 43.5. The zero-order chi connectivity index (χ0) is 96.4. The van der Waals surface area contributed by atoms with Gasteiger partial charge >= 0.3 is 53.7 Å². The minimum Gasteiger partial charge on any atom is -0.455 e. The summed E-state index contributed by atoms with van der Waals surface area (Å²) in [5.74, 6) is -11.3. The van der Waals surface area contributed by atoms with E-state index in [2.05, 4.69) is 0 Å². The molecule has 3 unspecified atom stereocenters. The van der Waals surface area contributed by atoms with Crippen LogP contribution in [0.15, 0.2) is 124 Å². The Hall–Kier alpha value is -8.20. The average molecular weight is 1870 g/mol. The van der Waals surface area contributed by atoms with Gasteiger partial charge in [0, 0.05) is 107 Å². The van der Waals surface area contributed by atoms with Crippen LogP contribution in [0.1, 0.15) is 202 Å². The van der Waals surface area contributed by atoms with E-state index in [9.17, 15) is 99.0 Å². The Morgan fingerprint density at radius 1 is 0.408 bits per heavy atom. The van der Waals surface area contributed by atoms with Crippen LogP contribution in [0, 0.1) is 50.2 Å². The van der Waals surface area contributed by atoms with Crippen molar-refractivity contribution in [2.24, 2.45) is 50.2 Å². The Kier molecular flexibility index (Phi) is 28.3. The molecule has 3 aromatic carbocycles. The molecule has 0 aromatic heterocycles. The van der Waals surface area contributed by atoms with Gasteiger partial charge in [0.25, 0.3) is 0 Å². The number of hydrogen-bond acceptors (Lipinski definition) is 33. The first kappa shape index (κ1) is 101. The second kappa shape index (κ2) is 36.5. The summed E-state index contributed by atoms with van der Waals surface area (Å²) < 4.78 is 79.2. The number of fused-ring (bicyclic) bond motifs is 15. The van der Waals surface area contributed by atoms with Crippen molar-refractivity contribution in [3.05, 3.63) is 141 Å². The lowest BCUT2D eigenvalue weighted by atomic mass is 9.44. The van der Waals surface area contributed by atoms with Gasteiger partial charge in [0.1, 0.15) is 65.6 Å². The summed E-state index contributed by atoms with van der Waals surface area (Å²) in [4.78, 5) is 131. The van der Waals surface area contributed by atoms with E-state index < -0.39 is 247 Å². The van der Waals surface area contributed by atoms with Crippen molar-refractivity contribution in [2.45, 2.75) is 308 Å². The number of aliphatic hydroxyl groups excluding tert-OH is 8. The molecular formula is C95H124Cl2O33. The van der Waals surface area contributed by atoms with Gasteiger partial charge in [0.15, 0.2) is 40.9 Å². The number of Topliss-reactive ketones (excluding diaryl/α,β-unsaturated/α-hetero) is 1. The van der Waals surface area contributed by atoms with Gasteiger partial charge in [-0.2, -0.15) is 0 Å². The second-order valence-electron chi connectivity index (χ2n) is 38.8. The molecule has 29 atom stereocenters. The number of ether oxygens (including phenoxy) is 12. The summed E-state index contributed by atoms with van der Waals surface area (Å²) in [5, 5.41) is 126. The van der Waals surface area contributed by atoms with E-state index in [1.54, 1.807) is 155 Å². The Labute approximate surface area is 765 Å². The van der Waals surface area contributed by atoms with Crippen molar-refractivity contribution in [1.29, 1.82) is 1.43 Å². The Morgan fingerprint density at radius 3 is 0.977 bits per heavy atom. The van der Waals surface area contributed by atoms with Gasteiger partial charge in [0.05, 0.1) is 102 Å². The molecule has 130 heavy (non-hydrogen) atoms. The maximum Gasteiger partial charge on any atom is 0.338 e. The van der Waals surface area contributed by atoms with Crippen LogP contribution in [0.25, 0.3) is 0 Å². The van der Waals surface area contributed by atoms with Gasteiger partial charge in [-0.05, 0) is 97.5 Å². The number of esters is 9. The number of aliphatic hydroxyl groups is 11. The number of hydrogen-bond donors (Lipinski definition) is 11. The maximum atomic E-state index is 14.8. The third-order valence-corrected chi connectivity index (χ3v) is 31.1. The lowest BCUT2D eigenvalue weighted by molar-refractivity contribution is -0.365. The first-order valence-corrected chi connectivity index (χ1v) is 44.2. The fraction of sp³-hybridized carbons (Fsp3) is 0.642. The van der Waals surface area contributed by atoms with Crippen molar-refractivity contribution in [1.82, 2.24) is 0 Å². The Bertz CT molecular complexity index is 4990. The van der Waals surface area contributed by atoms with Gasteiger partial charge in [-0.25, -0.2) is 14.4 Å². The van der Waals surface area contributed by atoms with Crippen LogP contribution in [0.5, 0.6) is 0 Å². The molecule has 9 fully saturated rings. The van der Waals surface area contributed by atoms with Crippen molar-refractivity contribution in [3.8, 4) is 0 Å². The molecule has 3 heterocycles. The van der Waals surface area contributed by atoms with Crippen LogP contribution in [-0.4, -0.2) is 280 Å². The summed E-state index contributed by atoms with van der Waals surface area (Å²) in [6.07, 6.45) is -23.8. The summed E-state index contributed by atoms with van der Waals surface area (Å²) in [6, 6.07) is 24.3. The van der Waals surface area contributed by atoms with Gasteiger partial charge in [-0.3, -0.25) is 33.6 Å². The molecule has 6 saturated carbocycles. The molecule has 12 aliphatic rings. The summed E-state index contributed by atoms with van der Waals surface area (Å²) in [6.45, 7) is 26.0. The molecular weight excluding hydrogens is 1740 g/mol. The van der Waals surface area contributed by atoms with Gasteiger partial charge in [0.2, 0.25) is 1.43 Å². The third kappa shape index (κ3) is 16.0. The molecule has 35 heteroatoms. The zero-order valence-corrected chi connectivity index (χ0v) is 76.9. The monoisotopic (exact) mass is 1860 g/mol. The molecule has 3 aliphatic heterocycles. The number of alkyl halides is 2. The number of rotatable bonds is 13. The quantitative estimate of drug-likeness (QED) is 0.0371. The standard InChI is InChI=1S/2C31H40O11.C31H38O11.CH2Cl2.CH4/c3*1-15-19(34)13-31(38)26(41-27(37)18-10-8-7-9-11-18)24-29(6,20(35)12-21-30(24,14-39-21)42-17(3)33)25(36)23(40-16(2)32)22(15)28(31,4)5;2-1-3;/h2*7-11,19-21,23-26,34-36,38H,12-14H2,1-6H3;7-11,19-21,23-24,26,34-35,38H,12-14H2,1-6H3;1H2;1H4/t2*19-,20-,21+,23+,24?,25+,26-,29+,30-,31+;19-,20-,21+,23+,24?,26-,29+,30-,31+;;/m000../s1/i35T;;;;. The molecule has 3 saturated heterocycles. The molecule has 15 rings (SSSR count). The lowest BCUT2D eigenvalue weighted by Gasteiger charge is -2.69. The van der Waals surface area contributed by atoms with Gasteiger partial charge < -0.3 is 113 Å². The number of halogens is 2. The van der Waals surface area contributed by atoms with E-state index >= 15 is 0 Å². The molecule has 0 spiro atoms. The zero-order valence-electron chi connectivity index (χ0n) is 76.4. The summed E-state index contributed by atoms with van der Waals surface area (Å²) in [5.41, 5.74) is -18.0. The van der Waals surface area contributed by atoms with Crippen LogP contribution in [0.3, 0.4) is 0 Å². The number of carbonyl (C=O) groups excluding carboxylic acids is 10. The van der Waals surface area contributed by atoms with E-state index in [1.807, 2.05) is 0 Å². The largest absolute Gasteiger partial charge is 0.455 e. The first-order chi connectivity index (χ1) is 60.5. The van der Waals surface area contributed by atoms with Crippen molar-refractivity contribution >= 4 is 82.7 Å². The van der Waals surface area contributed by atoms with Crippen molar-refractivity contribution in [3.63, 3.8) is 0 Å². The molecule has 9 aliphatic carbocycles. The normalized spacial score (nSPS) is 40.5. The SMILES string of the molecule is C.CC(=O)O[C@@H]1C2=C(C)[C@@H](O)C[C@@](O)([C@@H](OC(=O)c3ccccc3)C3[C@](C)([C@@H]1O)[C@@H](O)C[C@H]1OC[C@@]31OC(C)=O)C2(C)C.CC(=O)O[C@H]1C(=O)[C@@]2(C)C([C@H](OC(=O)c3ccccc3)[C@]3(O)C[C@H](O)C(C)=C1C3(C)C)[C@]1(OC(C)=O)CO[C@@H]1C[C@@H]2O.ClCCl.[3H]O[C@H]1C[C@H]2OC[C@@]2(OC(C)=O)C2[C@H](OC(=O)c3ccccc3)[C@]3(O)C[C@H](O)C(C)=C([C@@H](OC(C)=O)[C@@H](O)[C@@]21C)C3(C)C. The fourth-order valence-corrected chi connectivity index (χ4v) is 24.2. The van der Waals surface area contributed by atoms with Crippen LogP contribution >= 0.6 is 23.2 Å². The molecule has 11 N–H and O–H groups in total. The fourth-order valence-electron chi connectivity index (χ4n) is 24.2. The highest BCUT2D eigenvalue weighted by atomic mass is 35.5. The third-order valence-electron chi connectivity index (χ3n) is 31.1. The van der Waals surface area contributed by atoms with Gasteiger partial charge in [-0.1, -0.05) is 117 Å². The van der Waals surface area contributed by atoms with E-state index in [4.69, 9.17) is 86.6 Å². The minimum absolute atomic E-state index is 0. The summed E-state index contributed by atoms with van der Waals surface area (Å²) in [7, 11) is 0. The molecule has 0 amide bonds. The molecule has 0 radical (unpaired) electrons. The highest BCUT2D eigenvalue weighted by molar-refractivity contribution is 6.40. The predicted octanol–water partition coefficient (Wildman–Crippen LogP) is 6.60. The van der Waals surface area contributed by atoms with Crippen molar-refractivity contribution in [2.75, 3.05) is 25.2 Å². The van der Waals surface area contributed by atoms with E-state index in [0.29, 0.717) is 16.7 Å². The van der Waals surface area contributed by atoms with E-state index in [1.165, 1.54) is 53.7 Å².